The van der Waals surface area contributed by atoms with E-state index in [2.05, 4.69) is 0 Å². The van der Waals surface area contributed by atoms with Crippen LogP contribution in [-0.2, 0) is 9.53 Å². The van der Waals surface area contributed by atoms with Crippen molar-refractivity contribution in [1.82, 2.24) is 0 Å². The van der Waals surface area contributed by atoms with Gasteiger partial charge in [0.25, 0.3) is 0 Å². The molecule has 0 spiro atoms. The summed E-state index contributed by atoms with van der Waals surface area (Å²) in [5.41, 5.74) is 1.16. The van der Waals surface area contributed by atoms with Crippen LogP contribution in [0.15, 0.2) is 24.3 Å². The zero-order chi connectivity index (χ0) is 14.4. The van der Waals surface area contributed by atoms with Crippen LogP contribution >= 0.6 is 0 Å². The summed E-state index contributed by atoms with van der Waals surface area (Å²) in [6, 6.07) is 7.93. The molecule has 2 aliphatic rings. The monoisotopic (exact) mass is 264 g/mol. The summed E-state index contributed by atoms with van der Waals surface area (Å²) >= 11 is 0. The van der Waals surface area contributed by atoms with Gasteiger partial charge in [-0.2, -0.15) is 0 Å². The van der Waals surface area contributed by atoms with E-state index in [4.69, 9.17) is 9.47 Å². The number of carbonyl (C=O) groups excluding carboxylic acids is 1. The lowest BCUT2D eigenvalue weighted by Crippen LogP contribution is -2.09. The summed E-state index contributed by atoms with van der Waals surface area (Å²) in [6.45, 7) is 8.64. The molecule has 0 saturated heterocycles. The van der Waals surface area contributed by atoms with Crippen molar-refractivity contribution in [3.05, 3.63) is 29.8 Å². The largest absolute Gasteiger partial charge is 0.493 e. The van der Waals surface area contributed by atoms with Gasteiger partial charge in [0.1, 0.15) is 5.75 Å². The lowest BCUT2D eigenvalue weighted by Gasteiger charge is -2.15. The van der Waals surface area contributed by atoms with Crippen molar-refractivity contribution in [3.8, 4) is 5.75 Å². The first kappa shape index (κ1) is 15.5. The second-order valence-corrected chi connectivity index (χ2v) is 4.09. The lowest BCUT2D eigenvalue weighted by molar-refractivity contribution is -0.142. The topological polar surface area (TPSA) is 35.5 Å². The number of fused-ring (bicyclic) bond motifs is 3. The fourth-order valence-corrected chi connectivity index (χ4v) is 2.54. The average molecular weight is 264 g/mol. The number of hydrogen-bond acceptors (Lipinski definition) is 3. The first-order chi connectivity index (χ1) is 9.33. The predicted molar refractivity (Wildman–Crippen MR) is 76.4 cm³/mol. The van der Waals surface area contributed by atoms with Crippen LogP contribution in [0.2, 0.25) is 0 Å². The summed E-state index contributed by atoms with van der Waals surface area (Å²) in [6.07, 6.45) is 0. The molecule has 1 saturated carbocycles. The molecule has 0 radical (unpaired) electrons. The molecule has 1 fully saturated rings. The second kappa shape index (κ2) is 7.17. The Balaban J connectivity index is 0.000000415. The minimum Gasteiger partial charge on any atom is -0.493 e. The van der Waals surface area contributed by atoms with E-state index in [-0.39, 0.29) is 11.9 Å². The maximum absolute atomic E-state index is 11.5. The zero-order valence-corrected chi connectivity index (χ0v) is 12.5. The van der Waals surface area contributed by atoms with Crippen LogP contribution in [-0.4, -0.2) is 19.7 Å². The van der Waals surface area contributed by atoms with Crippen molar-refractivity contribution in [2.75, 3.05) is 13.7 Å². The van der Waals surface area contributed by atoms with Gasteiger partial charge in [0.05, 0.1) is 19.6 Å². The van der Waals surface area contributed by atoms with Gasteiger partial charge < -0.3 is 9.47 Å². The fourth-order valence-electron chi connectivity index (χ4n) is 2.54. The van der Waals surface area contributed by atoms with Crippen LogP contribution in [0.25, 0.3) is 0 Å². The van der Waals surface area contributed by atoms with E-state index >= 15 is 0 Å². The highest BCUT2D eigenvalue weighted by Crippen LogP contribution is 2.59. The fraction of sp³-hybridized carbons (Fsp3) is 0.562. The van der Waals surface area contributed by atoms with E-state index in [0.29, 0.717) is 18.4 Å². The summed E-state index contributed by atoms with van der Waals surface area (Å²) in [5.74, 6) is 1.48. The predicted octanol–water partition coefficient (Wildman–Crippen LogP) is 3.63. The number of benzene rings is 1. The number of rotatable bonds is 1. The molecule has 3 unspecified atom stereocenters. The molecule has 1 aliphatic heterocycles. The molecule has 1 heterocycles. The van der Waals surface area contributed by atoms with Gasteiger partial charge in [-0.1, -0.05) is 45.9 Å². The third-order valence-corrected chi connectivity index (χ3v) is 3.35. The molecule has 1 aromatic rings. The molecular formula is C16H24O3. The van der Waals surface area contributed by atoms with Gasteiger partial charge in [-0.3, -0.25) is 4.79 Å². The number of methoxy groups -OCH3 is 1. The Morgan fingerprint density at radius 3 is 2.47 bits per heavy atom. The highest BCUT2D eigenvalue weighted by molar-refractivity contribution is 5.79. The minimum atomic E-state index is -0.106. The van der Waals surface area contributed by atoms with Crippen molar-refractivity contribution < 1.29 is 14.3 Å². The van der Waals surface area contributed by atoms with Crippen LogP contribution in [0.3, 0.4) is 0 Å². The molecule has 19 heavy (non-hydrogen) atoms. The van der Waals surface area contributed by atoms with Crippen LogP contribution in [0, 0.1) is 11.8 Å². The van der Waals surface area contributed by atoms with Crippen LogP contribution in [0.1, 0.15) is 39.2 Å². The van der Waals surface area contributed by atoms with E-state index < -0.39 is 0 Å². The van der Waals surface area contributed by atoms with E-state index in [0.717, 1.165) is 11.3 Å². The molecular weight excluding hydrogens is 240 g/mol. The lowest BCUT2D eigenvalue weighted by atomic mass is 10.1. The van der Waals surface area contributed by atoms with Gasteiger partial charge in [0, 0.05) is 11.8 Å². The maximum Gasteiger partial charge on any atom is 0.309 e. The van der Waals surface area contributed by atoms with Gasteiger partial charge >= 0.3 is 5.97 Å². The van der Waals surface area contributed by atoms with Crippen molar-refractivity contribution in [1.29, 1.82) is 0 Å². The van der Waals surface area contributed by atoms with E-state index in [1.807, 2.05) is 52.0 Å². The van der Waals surface area contributed by atoms with E-state index in [9.17, 15) is 4.79 Å². The first-order valence-electron chi connectivity index (χ1n) is 7.12. The summed E-state index contributed by atoms with van der Waals surface area (Å²) < 4.78 is 10.4. The SMILES string of the molecule is CC.CC.COC(=O)C1C2COc3ccccc3C21. The smallest absolute Gasteiger partial charge is 0.309 e. The zero-order valence-electron chi connectivity index (χ0n) is 12.5. The van der Waals surface area contributed by atoms with Crippen molar-refractivity contribution in [3.63, 3.8) is 0 Å². The summed E-state index contributed by atoms with van der Waals surface area (Å²) in [4.78, 5) is 11.5. The molecule has 1 aromatic carbocycles. The average Bonchev–Trinajstić information content (AvgIpc) is 3.25. The quantitative estimate of drug-likeness (QED) is 0.726. The second-order valence-electron chi connectivity index (χ2n) is 4.09. The molecule has 0 aromatic heterocycles. The Bertz CT molecular complexity index is 414. The van der Waals surface area contributed by atoms with Gasteiger partial charge in [-0.05, 0) is 11.6 Å². The molecule has 0 amide bonds. The van der Waals surface area contributed by atoms with Crippen molar-refractivity contribution in [2.24, 2.45) is 11.8 Å². The number of carbonyl (C=O) groups is 1. The van der Waals surface area contributed by atoms with E-state index in [1.54, 1.807) is 0 Å². The molecule has 106 valence electrons. The molecule has 3 heteroatoms. The molecule has 1 aliphatic carbocycles. The normalized spacial score (nSPS) is 25.0. The number of para-hydroxylation sites is 1. The molecule has 0 N–H and O–H groups in total. The van der Waals surface area contributed by atoms with Gasteiger partial charge in [-0.25, -0.2) is 0 Å². The Hall–Kier alpha value is -1.51. The van der Waals surface area contributed by atoms with Crippen molar-refractivity contribution in [2.45, 2.75) is 33.6 Å². The molecule has 3 nitrogen and oxygen atoms in total. The first-order valence-corrected chi connectivity index (χ1v) is 7.12. The highest BCUT2D eigenvalue weighted by atomic mass is 16.5. The highest BCUT2D eigenvalue weighted by Gasteiger charge is 2.59. The number of hydrogen-bond donors (Lipinski definition) is 0. The Labute approximate surface area is 115 Å². The number of ether oxygens (including phenoxy) is 2. The standard InChI is InChI=1S/C12H12O3.2C2H6/c1-14-12(13)11-8-6-15-9-5-3-2-4-7(9)10(8)11;2*1-2/h2-5,8,10-11H,6H2,1H3;2*1-2H3. The van der Waals surface area contributed by atoms with Gasteiger partial charge in [0.15, 0.2) is 0 Å². The van der Waals surface area contributed by atoms with E-state index in [1.165, 1.54) is 7.11 Å². The van der Waals surface area contributed by atoms with Crippen LogP contribution < -0.4 is 4.74 Å². The Kier molecular flexibility index (Phi) is 5.87. The van der Waals surface area contributed by atoms with Crippen molar-refractivity contribution >= 4 is 5.97 Å². The third-order valence-electron chi connectivity index (χ3n) is 3.35. The number of esters is 1. The Morgan fingerprint density at radius 1 is 1.21 bits per heavy atom. The minimum absolute atomic E-state index is 0.0126. The van der Waals surface area contributed by atoms with Gasteiger partial charge in [0.2, 0.25) is 0 Å². The third kappa shape index (κ3) is 2.91. The van der Waals surface area contributed by atoms with Gasteiger partial charge in [-0.15, -0.1) is 0 Å². The molecule has 0 bridgehead atoms. The molecule has 3 rings (SSSR count). The Morgan fingerprint density at radius 2 is 1.84 bits per heavy atom. The van der Waals surface area contributed by atoms with Crippen LogP contribution in [0.4, 0.5) is 0 Å². The van der Waals surface area contributed by atoms with Crippen LogP contribution in [0.5, 0.6) is 5.75 Å². The molecule has 3 atom stereocenters. The maximum atomic E-state index is 11.5. The summed E-state index contributed by atoms with van der Waals surface area (Å²) in [7, 11) is 1.44. The summed E-state index contributed by atoms with van der Waals surface area (Å²) in [5, 5.41) is 0.